The molecule has 0 aliphatic carbocycles. The minimum Gasteiger partial charge on any atom is -0.299 e. The zero-order chi connectivity index (χ0) is 21.4. The molecule has 30 heavy (non-hydrogen) atoms. The molecule has 1 aromatic carbocycles. The van der Waals surface area contributed by atoms with E-state index in [-0.39, 0.29) is 24.2 Å². The fraction of sp³-hybridized carbons (Fsp3) is 0.238. The number of ketones is 1. The van der Waals surface area contributed by atoms with Gasteiger partial charge in [-0.3, -0.25) is 9.48 Å². The Morgan fingerprint density at radius 2 is 1.80 bits per heavy atom. The number of nitrogens with zero attached hydrogens (tertiary/aromatic N) is 4. The molecule has 0 fully saturated rings. The van der Waals surface area contributed by atoms with Gasteiger partial charge in [-0.15, -0.1) is 22.7 Å². The lowest BCUT2D eigenvalue weighted by Crippen LogP contribution is -2.09. The zero-order valence-corrected chi connectivity index (χ0v) is 18.2. The summed E-state index contributed by atoms with van der Waals surface area (Å²) in [6.07, 6.45) is 3.33. The van der Waals surface area contributed by atoms with Gasteiger partial charge in [0.2, 0.25) is 0 Å². The van der Waals surface area contributed by atoms with Crippen molar-refractivity contribution in [3.8, 4) is 21.0 Å². The number of hydrogen-bond acceptors (Lipinski definition) is 6. The molecular formula is C21H18F2N4OS2. The van der Waals surface area contributed by atoms with E-state index in [4.69, 9.17) is 4.98 Å². The summed E-state index contributed by atoms with van der Waals surface area (Å²) in [5, 5.41) is 5.76. The van der Waals surface area contributed by atoms with E-state index in [1.807, 2.05) is 27.1 Å². The van der Waals surface area contributed by atoms with Crippen LogP contribution in [0.15, 0.2) is 30.6 Å². The molecule has 0 bridgehead atoms. The summed E-state index contributed by atoms with van der Waals surface area (Å²) in [7, 11) is 1.83. The highest BCUT2D eigenvalue weighted by Crippen LogP contribution is 2.40. The number of Topliss-reactive ketones (excluding diaryl/α,β-unsaturated/α-hetero) is 1. The number of aryl methyl sites for hydroxylation is 3. The number of halogens is 2. The molecule has 9 heteroatoms. The average molecular weight is 445 g/mol. The van der Waals surface area contributed by atoms with Crippen LogP contribution in [-0.4, -0.2) is 25.5 Å². The molecule has 0 amide bonds. The molecule has 4 rings (SSSR count). The highest BCUT2D eigenvalue weighted by Gasteiger charge is 2.22. The predicted octanol–water partition coefficient (Wildman–Crippen LogP) is 4.92. The number of aromatic nitrogens is 4. The molecule has 0 radical (unpaired) electrons. The number of benzene rings is 1. The molecule has 0 aliphatic rings. The number of rotatable bonds is 6. The second-order valence-corrected chi connectivity index (χ2v) is 9.21. The quantitative estimate of drug-likeness (QED) is 0.424. The lowest BCUT2D eigenvalue weighted by molar-refractivity contribution is -0.117. The molecule has 0 aliphatic heterocycles. The Morgan fingerprint density at radius 3 is 2.40 bits per heavy atom. The molecule has 3 heterocycles. The van der Waals surface area contributed by atoms with Gasteiger partial charge < -0.3 is 0 Å². The fourth-order valence-electron chi connectivity index (χ4n) is 3.21. The van der Waals surface area contributed by atoms with Crippen molar-refractivity contribution in [1.29, 1.82) is 0 Å². The minimum atomic E-state index is -0.713. The monoisotopic (exact) mass is 444 g/mol. The molecule has 154 valence electrons. The van der Waals surface area contributed by atoms with E-state index in [0.717, 1.165) is 43.8 Å². The van der Waals surface area contributed by atoms with E-state index >= 15 is 0 Å². The SMILES string of the molecule is Cc1nc(C)c(-c2nc(CC(=O)Cc3c(F)cccc3F)sc2-c2cnn(C)c2)s1. The summed E-state index contributed by atoms with van der Waals surface area (Å²) >= 11 is 2.94. The Hall–Kier alpha value is -2.78. The maximum absolute atomic E-state index is 13.9. The lowest BCUT2D eigenvalue weighted by atomic mass is 10.1. The van der Waals surface area contributed by atoms with Crippen LogP contribution >= 0.6 is 22.7 Å². The molecule has 3 aromatic heterocycles. The van der Waals surface area contributed by atoms with Gasteiger partial charge in [0.1, 0.15) is 28.1 Å². The second kappa shape index (κ2) is 8.16. The van der Waals surface area contributed by atoms with Crippen LogP contribution in [0.3, 0.4) is 0 Å². The summed E-state index contributed by atoms with van der Waals surface area (Å²) in [6, 6.07) is 3.59. The topological polar surface area (TPSA) is 60.7 Å². The van der Waals surface area contributed by atoms with Crippen LogP contribution in [-0.2, 0) is 24.7 Å². The number of carbonyl (C=O) groups is 1. The van der Waals surface area contributed by atoms with Gasteiger partial charge in [0.25, 0.3) is 0 Å². The van der Waals surface area contributed by atoms with E-state index in [2.05, 4.69) is 10.1 Å². The molecular weight excluding hydrogens is 426 g/mol. The molecule has 0 saturated carbocycles. The summed E-state index contributed by atoms with van der Waals surface area (Å²) in [4.78, 5) is 23.6. The average Bonchev–Trinajstić information content (AvgIpc) is 3.36. The third-order valence-electron chi connectivity index (χ3n) is 4.54. The number of hydrogen-bond donors (Lipinski definition) is 0. The van der Waals surface area contributed by atoms with Crippen molar-refractivity contribution in [3.63, 3.8) is 0 Å². The van der Waals surface area contributed by atoms with E-state index < -0.39 is 11.6 Å². The third-order valence-corrected chi connectivity index (χ3v) is 6.73. The van der Waals surface area contributed by atoms with Crippen LogP contribution in [0.1, 0.15) is 21.3 Å². The number of thiazole rings is 2. The molecule has 0 unspecified atom stereocenters. The summed E-state index contributed by atoms with van der Waals surface area (Å²) in [6.45, 7) is 3.86. The van der Waals surface area contributed by atoms with Gasteiger partial charge >= 0.3 is 0 Å². The minimum absolute atomic E-state index is 0.00252. The van der Waals surface area contributed by atoms with Gasteiger partial charge in [0, 0.05) is 30.8 Å². The first-order chi connectivity index (χ1) is 14.3. The van der Waals surface area contributed by atoms with E-state index in [0.29, 0.717) is 5.01 Å². The van der Waals surface area contributed by atoms with Crippen molar-refractivity contribution in [1.82, 2.24) is 19.7 Å². The number of carbonyl (C=O) groups excluding carboxylic acids is 1. The van der Waals surface area contributed by atoms with Gasteiger partial charge in [-0.25, -0.2) is 18.7 Å². The van der Waals surface area contributed by atoms with Gasteiger partial charge in [-0.05, 0) is 26.0 Å². The van der Waals surface area contributed by atoms with Crippen molar-refractivity contribution in [2.75, 3.05) is 0 Å². The van der Waals surface area contributed by atoms with Gasteiger partial charge in [0.05, 0.1) is 33.1 Å². The first-order valence-electron chi connectivity index (χ1n) is 9.19. The van der Waals surface area contributed by atoms with E-state index in [1.165, 1.54) is 17.4 Å². The van der Waals surface area contributed by atoms with E-state index in [1.54, 1.807) is 22.2 Å². The third kappa shape index (κ3) is 4.08. The standard InChI is InChI=1S/C21H18F2N4OS2/c1-11-20(29-12(2)25-11)19-21(13-9-24-27(3)10-13)30-18(26-19)8-14(28)7-15-16(22)5-4-6-17(15)23/h4-6,9-10H,7-8H2,1-3H3. The van der Waals surface area contributed by atoms with Gasteiger partial charge in [0.15, 0.2) is 0 Å². The Morgan fingerprint density at radius 1 is 1.07 bits per heavy atom. The van der Waals surface area contributed by atoms with Crippen molar-refractivity contribution < 1.29 is 13.6 Å². The Labute approximate surface area is 180 Å². The van der Waals surface area contributed by atoms with Crippen LogP contribution in [0.4, 0.5) is 8.78 Å². The van der Waals surface area contributed by atoms with Gasteiger partial charge in [-0.1, -0.05) is 6.07 Å². The van der Waals surface area contributed by atoms with Crippen LogP contribution in [0.5, 0.6) is 0 Å². The Bertz CT molecular complexity index is 1220. The van der Waals surface area contributed by atoms with Crippen LogP contribution in [0.2, 0.25) is 0 Å². The van der Waals surface area contributed by atoms with E-state index in [9.17, 15) is 13.6 Å². The maximum Gasteiger partial charge on any atom is 0.144 e. The molecule has 0 spiro atoms. The van der Waals surface area contributed by atoms with Crippen molar-refractivity contribution in [2.45, 2.75) is 26.7 Å². The predicted molar refractivity (Wildman–Crippen MR) is 114 cm³/mol. The highest BCUT2D eigenvalue weighted by molar-refractivity contribution is 7.18. The van der Waals surface area contributed by atoms with Crippen molar-refractivity contribution in [3.05, 3.63) is 63.5 Å². The molecule has 4 aromatic rings. The fourth-order valence-corrected chi connectivity index (χ4v) is 5.26. The molecule has 0 N–H and O–H groups in total. The summed E-state index contributed by atoms with van der Waals surface area (Å²) in [5.74, 6) is -1.72. The van der Waals surface area contributed by atoms with Crippen LogP contribution in [0, 0.1) is 25.5 Å². The summed E-state index contributed by atoms with van der Waals surface area (Å²) in [5.41, 5.74) is 2.32. The van der Waals surface area contributed by atoms with Crippen molar-refractivity contribution >= 4 is 28.5 Å². The zero-order valence-electron chi connectivity index (χ0n) is 16.6. The first kappa shape index (κ1) is 20.5. The molecule has 0 atom stereocenters. The highest BCUT2D eigenvalue weighted by atomic mass is 32.1. The maximum atomic E-state index is 13.9. The Kier molecular flexibility index (Phi) is 5.57. The van der Waals surface area contributed by atoms with Crippen LogP contribution < -0.4 is 0 Å². The smallest absolute Gasteiger partial charge is 0.144 e. The first-order valence-corrected chi connectivity index (χ1v) is 10.8. The lowest BCUT2D eigenvalue weighted by Gasteiger charge is -2.03. The molecule has 5 nitrogen and oxygen atoms in total. The van der Waals surface area contributed by atoms with Gasteiger partial charge in [-0.2, -0.15) is 5.10 Å². The van der Waals surface area contributed by atoms with Crippen molar-refractivity contribution in [2.24, 2.45) is 7.05 Å². The Balaban J connectivity index is 1.67. The summed E-state index contributed by atoms with van der Waals surface area (Å²) < 4.78 is 29.5. The second-order valence-electron chi connectivity index (χ2n) is 6.93. The molecule has 0 saturated heterocycles. The largest absolute Gasteiger partial charge is 0.299 e. The van der Waals surface area contributed by atoms with Crippen LogP contribution in [0.25, 0.3) is 21.0 Å². The normalized spacial score (nSPS) is 11.2.